The largest absolute Gasteiger partial charge is 0.435 e. The maximum atomic E-state index is 6.58. The number of thiol groups is 1. The summed E-state index contributed by atoms with van der Waals surface area (Å²) in [6, 6.07) is 57.2. The van der Waals surface area contributed by atoms with E-state index in [0.29, 0.717) is 5.89 Å². The number of rotatable bonds is 5. The average molecular weight is 621 g/mol. The molecule has 0 saturated heterocycles. The van der Waals surface area contributed by atoms with Gasteiger partial charge in [-0.3, -0.25) is 0 Å². The number of hydrogen-bond acceptors (Lipinski definition) is 4. The number of oxazole rings is 1. The van der Waals surface area contributed by atoms with Gasteiger partial charge in [0.2, 0.25) is 5.89 Å². The highest BCUT2D eigenvalue weighted by atomic mass is 32.1. The molecule has 8 aromatic carbocycles. The molecule has 4 heteroatoms. The van der Waals surface area contributed by atoms with Crippen molar-refractivity contribution in [3.63, 3.8) is 0 Å². The third-order valence-corrected chi connectivity index (χ3v) is 9.33. The summed E-state index contributed by atoms with van der Waals surface area (Å²) in [5, 5.41) is 6.73. The van der Waals surface area contributed by atoms with Crippen molar-refractivity contribution in [2.75, 3.05) is 4.90 Å². The van der Waals surface area contributed by atoms with E-state index in [1.54, 1.807) is 0 Å². The molecule has 0 amide bonds. The van der Waals surface area contributed by atoms with Gasteiger partial charge in [-0.25, -0.2) is 4.98 Å². The standard InChI is InChI=1S/C43H28N2OS/c47-39-21-10-9-18-34(39)30-14-11-17-32(26-30)45(31-15-5-2-6-16-31)33-24-22-28-23-25-36-35-19-7-8-20-37(35)42-41(40(36)38(28)27-33)44-43(46-42)29-12-3-1-4-13-29/h1-27,47H. The van der Waals surface area contributed by atoms with Gasteiger partial charge in [-0.1, -0.05) is 109 Å². The average Bonchev–Trinajstić information content (AvgIpc) is 3.59. The topological polar surface area (TPSA) is 29.3 Å². The van der Waals surface area contributed by atoms with Crippen LogP contribution in [0.4, 0.5) is 17.1 Å². The number of fused-ring (bicyclic) bond motifs is 8. The van der Waals surface area contributed by atoms with Crippen LogP contribution in [0, 0.1) is 0 Å². The van der Waals surface area contributed by atoms with Crippen molar-refractivity contribution in [1.29, 1.82) is 0 Å². The molecule has 222 valence electrons. The molecule has 0 atom stereocenters. The Labute approximate surface area is 277 Å². The van der Waals surface area contributed by atoms with Gasteiger partial charge in [-0.05, 0) is 87.3 Å². The molecule has 0 N–H and O–H groups in total. The van der Waals surface area contributed by atoms with Gasteiger partial charge in [0.1, 0.15) is 5.52 Å². The molecular formula is C43H28N2OS. The lowest BCUT2D eigenvalue weighted by Crippen LogP contribution is -2.10. The lowest BCUT2D eigenvalue weighted by Gasteiger charge is -2.26. The quantitative estimate of drug-likeness (QED) is 0.153. The van der Waals surface area contributed by atoms with Crippen LogP contribution in [-0.2, 0) is 0 Å². The van der Waals surface area contributed by atoms with E-state index in [-0.39, 0.29) is 0 Å². The van der Waals surface area contributed by atoms with E-state index in [2.05, 4.69) is 126 Å². The summed E-state index contributed by atoms with van der Waals surface area (Å²) in [6.45, 7) is 0. The summed E-state index contributed by atoms with van der Waals surface area (Å²) >= 11 is 4.76. The zero-order chi connectivity index (χ0) is 31.3. The molecule has 9 aromatic rings. The van der Waals surface area contributed by atoms with Crippen LogP contribution in [0.2, 0.25) is 0 Å². The molecule has 3 nitrogen and oxygen atoms in total. The van der Waals surface area contributed by atoms with Crippen LogP contribution < -0.4 is 4.90 Å². The number of hydrogen-bond donors (Lipinski definition) is 1. The van der Waals surface area contributed by atoms with E-state index in [0.717, 1.165) is 82.1 Å². The van der Waals surface area contributed by atoms with Crippen molar-refractivity contribution >= 4 is 73.1 Å². The van der Waals surface area contributed by atoms with Gasteiger partial charge in [-0.2, -0.15) is 0 Å². The molecule has 0 aliphatic carbocycles. The Morgan fingerprint density at radius 1 is 0.489 bits per heavy atom. The van der Waals surface area contributed by atoms with E-state index in [9.17, 15) is 0 Å². The fraction of sp³-hybridized carbons (Fsp3) is 0. The maximum absolute atomic E-state index is 6.58. The molecule has 9 rings (SSSR count). The molecule has 0 bridgehead atoms. The summed E-state index contributed by atoms with van der Waals surface area (Å²) < 4.78 is 6.58. The van der Waals surface area contributed by atoms with Crippen LogP contribution in [0.3, 0.4) is 0 Å². The van der Waals surface area contributed by atoms with E-state index in [1.165, 1.54) is 0 Å². The molecule has 1 aromatic heterocycles. The first kappa shape index (κ1) is 27.5. The van der Waals surface area contributed by atoms with Crippen molar-refractivity contribution in [2.24, 2.45) is 0 Å². The normalized spacial score (nSPS) is 11.5. The van der Waals surface area contributed by atoms with Gasteiger partial charge in [0, 0.05) is 38.3 Å². The van der Waals surface area contributed by atoms with Crippen LogP contribution >= 0.6 is 12.6 Å². The fourth-order valence-corrected chi connectivity index (χ4v) is 7.06. The second-order valence-electron chi connectivity index (χ2n) is 11.7. The first-order chi connectivity index (χ1) is 23.2. The maximum Gasteiger partial charge on any atom is 0.227 e. The number of anilines is 3. The van der Waals surface area contributed by atoms with Crippen molar-refractivity contribution in [2.45, 2.75) is 4.90 Å². The van der Waals surface area contributed by atoms with Gasteiger partial charge in [-0.15, -0.1) is 12.6 Å². The number of para-hydroxylation sites is 1. The molecule has 0 aliphatic heterocycles. The highest BCUT2D eigenvalue weighted by Crippen LogP contribution is 2.43. The SMILES string of the molecule is Sc1ccccc1-c1cccc(N(c2ccccc2)c2ccc3ccc4c5ccccc5c5oc(-c6ccccc6)nc5c4c3c2)c1. The minimum atomic E-state index is 0.624. The van der Waals surface area contributed by atoms with Crippen molar-refractivity contribution in [3.8, 4) is 22.6 Å². The van der Waals surface area contributed by atoms with E-state index < -0.39 is 0 Å². The predicted molar refractivity (Wildman–Crippen MR) is 199 cm³/mol. The number of aromatic nitrogens is 1. The van der Waals surface area contributed by atoms with Gasteiger partial charge in [0.05, 0.1) is 0 Å². The van der Waals surface area contributed by atoms with Crippen molar-refractivity contribution in [3.05, 3.63) is 164 Å². The highest BCUT2D eigenvalue weighted by molar-refractivity contribution is 7.80. The van der Waals surface area contributed by atoms with Gasteiger partial charge < -0.3 is 9.32 Å². The lowest BCUT2D eigenvalue weighted by molar-refractivity contribution is 0.623. The van der Waals surface area contributed by atoms with Gasteiger partial charge >= 0.3 is 0 Å². The highest BCUT2D eigenvalue weighted by Gasteiger charge is 2.20. The molecule has 47 heavy (non-hydrogen) atoms. The van der Waals surface area contributed by atoms with Crippen molar-refractivity contribution < 1.29 is 4.42 Å². The predicted octanol–water partition coefficient (Wildman–Crippen LogP) is 12.4. The molecule has 0 spiro atoms. The Kier molecular flexibility index (Phi) is 6.54. The van der Waals surface area contributed by atoms with Crippen molar-refractivity contribution in [1.82, 2.24) is 4.98 Å². The summed E-state index contributed by atoms with van der Waals surface area (Å²) in [5.41, 5.74) is 8.05. The lowest BCUT2D eigenvalue weighted by atomic mass is 9.95. The number of nitrogens with zero attached hydrogens (tertiary/aromatic N) is 2. The molecule has 0 aliphatic rings. The third-order valence-electron chi connectivity index (χ3n) is 8.94. The van der Waals surface area contributed by atoms with Crippen LogP contribution in [0.15, 0.2) is 173 Å². The Bertz CT molecular complexity index is 2590. The summed E-state index contributed by atoms with van der Waals surface area (Å²) in [4.78, 5) is 8.44. The first-order valence-electron chi connectivity index (χ1n) is 15.7. The fourth-order valence-electron chi connectivity index (χ4n) is 6.77. The molecule has 1 heterocycles. The van der Waals surface area contributed by atoms with Crippen LogP contribution in [0.5, 0.6) is 0 Å². The Morgan fingerprint density at radius 3 is 1.98 bits per heavy atom. The second-order valence-corrected chi connectivity index (χ2v) is 12.2. The smallest absolute Gasteiger partial charge is 0.227 e. The first-order valence-corrected chi connectivity index (χ1v) is 16.1. The zero-order valence-corrected chi connectivity index (χ0v) is 26.2. The van der Waals surface area contributed by atoms with Gasteiger partial charge in [0.25, 0.3) is 0 Å². The molecular weight excluding hydrogens is 593 g/mol. The monoisotopic (exact) mass is 620 g/mol. The van der Waals surface area contributed by atoms with Crippen LogP contribution in [0.1, 0.15) is 0 Å². The second kappa shape index (κ2) is 11.2. The zero-order valence-electron chi connectivity index (χ0n) is 25.3. The van der Waals surface area contributed by atoms with E-state index in [1.807, 2.05) is 42.5 Å². The summed E-state index contributed by atoms with van der Waals surface area (Å²) in [5.74, 6) is 0.624. The van der Waals surface area contributed by atoms with Crippen LogP contribution in [-0.4, -0.2) is 4.98 Å². The molecule has 0 saturated carbocycles. The minimum Gasteiger partial charge on any atom is -0.435 e. The minimum absolute atomic E-state index is 0.624. The third kappa shape index (κ3) is 4.65. The van der Waals surface area contributed by atoms with Gasteiger partial charge in [0.15, 0.2) is 5.58 Å². The molecule has 0 radical (unpaired) electrons. The Hall–Kier alpha value is -5.84. The Morgan fingerprint density at radius 2 is 1.15 bits per heavy atom. The molecule has 0 unspecified atom stereocenters. The summed E-state index contributed by atoms with van der Waals surface area (Å²) in [6.07, 6.45) is 0. The molecule has 0 fully saturated rings. The van der Waals surface area contributed by atoms with E-state index >= 15 is 0 Å². The Balaban J connectivity index is 1.32. The van der Waals surface area contributed by atoms with E-state index in [4.69, 9.17) is 22.0 Å². The summed E-state index contributed by atoms with van der Waals surface area (Å²) in [7, 11) is 0. The van der Waals surface area contributed by atoms with Crippen LogP contribution in [0.25, 0.3) is 66.0 Å². The number of benzene rings is 8.